The first-order valence-corrected chi connectivity index (χ1v) is 7.09. The molecule has 1 N–H and O–H groups in total. The molecule has 3 atom stereocenters. The van der Waals surface area contributed by atoms with Crippen molar-refractivity contribution >= 4 is 17.7 Å². The minimum atomic E-state index is -0.726. The molecule has 0 bridgehead atoms. The normalized spacial score (nSPS) is 28.0. The fourth-order valence-corrected chi connectivity index (χ4v) is 3.99. The predicted octanol–water partition coefficient (Wildman–Crippen LogP) is 3.81. The van der Waals surface area contributed by atoms with Gasteiger partial charge in [0.25, 0.3) is 0 Å². The predicted molar refractivity (Wildman–Crippen MR) is 70.2 cm³/mol. The highest BCUT2D eigenvalue weighted by atomic mass is 32.2. The zero-order valence-electron chi connectivity index (χ0n) is 10.3. The first kappa shape index (κ1) is 13.4. The van der Waals surface area contributed by atoms with Gasteiger partial charge in [-0.25, -0.2) is 4.39 Å². The third-order valence-corrected chi connectivity index (χ3v) is 4.80. The van der Waals surface area contributed by atoms with Crippen LogP contribution in [0.3, 0.4) is 0 Å². The molecular weight excluding hydrogens is 251 g/mol. The Labute approximate surface area is 111 Å². The van der Waals surface area contributed by atoms with Crippen molar-refractivity contribution < 1.29 is 14.3 Å². The number of hydrogen-bond acceptors (Lipinski definition) is 2. The molecule has 0 aliphatic heterocycles. The molecule has 98 valence electrons. The molecule has 1 aromatic carbocycles. The summed E-state index contributed by atoms with van der Waals surface area (Å²) in [7, 11) is 0. The van der Waals surface area contributed by atoms with Crippen LogP contribution in [0.1, 0.15) is 26.2 Å². The number of hydrogen-bond donors (Lipinski definition) is 1. The highest BCUT2D eigenvalue weighted by molar-refractivity contribution is 8.00. The number of rotatable bonds is 3. The maximum atomic E-state index is 13.1. The summed E-state index contributed by atoms with van der Waals surface area (Å²) < 4.78 is 13.1. The minimum absolute atomic E-state index is 0.0491. The van der Waals surface area contributed by atoms with Gasteiger partial charge in [0.15, 0.2) is 0 Å². The van der Waals surface area contributed by atoms with Crippen molar-refractivity contribution in [1.29, 1.82) is 0 Å². The fourth-order valence-electron chi connectivity index (χ4n) is 2.46. The topological polar surface area (TPSA) is 37.3 Å². The number of aliphatic carboxylic acids is 1. The summed E-state index contributed by atoms with van der Waals surface area (Å²) in [6.45, 7) is 2.15. The number of thioether (sulfide) groups is 1. The van der Waals surface area contributed by atoms with Crippen LogP contribution in [0.5, 0.6) is 0 Å². The summed E-state index contributed by atoms with van der Waals surface area (Å²) in [5, 5.41) is 9.29. The Bertz CT molecular complexity index is 436. The second-order valence-corrected chi connectivity index (χ2v) is 6.29. The van der Waals surface area contributed by atoms with Gasteiger partial charge in [-0.2, -0.15) is 0 Å². The van der Waals surface area contributed by atoms with Crippen LogP contribution in [0.15, 0.2) is 29.2 Å². The smallest absolute Gasteiger partial charge is 0.307 e. The van der Waals surface area contributed by atoms with E-state index < -0.39 is 5.97 Å². The molecule has 2 rings (SSSR count). The standard InChI is InChI=1S/C14H17FO2S/c1-9-5-6-12(14(16)17)13(7-9)18-11-4-2-3-10(15)8-11/h2-4,8-9,12-13H,5-7H2,1H3,(H,16,17). The van der Waals surface area contributed by atoms with E-state index in [4.69, 9.17) is 0 Å². The Morgan fingerprint density at radius 3 is 2.89 bits per heavy atom. The molecular formula is C14H17FO2S. The Hall–Kier alpha value is -1.03. The van der Waals surface area contributed by atoms with Gasteiger partial charge in [-0.1, -0.05) is 13.0 Å². The van der Waals surface area contributed by atoms with Crippen LogP contribution in [0, 0.1) is 17.7 Å². The first-order valence-electron chi connectivity index (χ1n) is 6.21. The van der Waals surface area contributed by atoms with Gasteiger partial charge in [-0.05, 0) is 43.4 Å². The van der Waals surface area contributed by atoms with Crippen molar-refractivity contribution in [2.75, 3.05) is 0 Å². The van der Waals surface area contributed by atoms with Gasteiger partial charge in [0.05, 0.1) is 5.92 Å². The molecule has 1 aliphatic carbocycles. The second-order valence-electron chi connectivity index (χ2n) is 4.98. The molecule has 18 heavy (non-hydrogen) atoms. The molecule has 1 aromatic rings. The summed E-state index contributed by atoms with van der Waals surface area (Å²) in [4.78, 5) is 12.1. The van der Waals surface area contributed by atoms with E-state index in [1.165, 1.54) is 23.9 Å². The van der Waals surface area contributed by atoms with Crippen LogP contribution < -0.4 is 0 Å². The van der Waals surface area contributed by atoms with Gasteiger partial charge >= 0.3 is 5.97 Å². The van der Waals surface area contributed by atoms with Crippen molar-refractivity contribution in [3.63, 3.8) is 0 Å². The molecule has 1 aliphatic rings. The minimum Gasteiger partial charge on any atom is -0.481 e. The fraction of sp³-hybridized carbons (Fsp3) is 0.500. The molecule has 2 nitrogen and oxygen atoms in total. The molecule has 0 amide bonds. The number of benzene rings is 1. The molecule has 3 unspecified atom stereocenters. The summed E-state index contributed by atoms with van der Waals surface area (Å²) in [5.74, 6) is -0.757. The quantitative estimate of drug-likeness (QED) is 0.905. The second kappa shape index (κ2) is 5.74. The number of carboxylic acids is 1. The molecule has 0 heterocycles. The summed E-state index contributed by atoms with van der Waals surface area (Å²) in [6, 6.07) is 6.39. The Balaban J connectivity index is 2.11. The highest BCUT2D eigenvalue weighted by Crippen LogP contribution is 2.40. The lowest BCUT2D eigenvalue weighted by atomic mass is 9.82. The van der Waals surface area contributed by atoms with E-state index in [1.54, 1.807) is 6.07 Å². The van der Waals surface area contributed by atoms with Crippen LogP contribution in [-0.4, -0.2) is 16.3 Å². The Morgan fingerprint density at radius 2 is 2.22 bits per heavy atom. The summed E-state index contributed by atoms with van der Waals surface area (Å²) in [5.41, 5.74) is 0. The van der Waals surface area contributed by atoms with Gasteiger partial charge in [-0.15, -0.1) is 11.8 Å². The van der Waals surface area contributed by atoms with Crippen molar-refractivity contribution in [3.8, 4) is 0 Å². The lowest BCUT2D eigenvalue weighted by Gasteiger charge is -2.31. The average molecular weight is 268 g/mol. The SMILES string of the molecule is CC1CCC(C(=O)O)C(Sc2cccc(F)c2)C1. The van der Waals surface area contributed by atoms with E-state index in [1.807, 2.05) is 6.07 Å². The van der Waals surface area contributed by atoms with Crippen LogP contribution in [0.2, 0.25) is 0 Å². The van der Waals surface area contributed by atoms with E-state index >= 15 is 0 Å². The van der Waals surface area contributed by atoms with Crippen molar-refractivity contribution in [1.82, 2.24) is 0 Å². The van der Waals surface area contributed by atoms with Crippen molar-refractivity contribution in [2.24, 2.45) is 11.8 Å². The zero-order chi connectivity index (χ0) is 13.1. The highest BCUT2D eigenvalue weighted by Gasteiger charge is 2.34. The Kier molecular flexibility index (Phi) is 4.27. The van der Waals surface area contributed by atoms with Gasteiger partial charge in [0.1, 0.15) is 5.82 Å². The lowest BCUT2D eigenvalue weighted by molar-refractivity contribution is -0.142. The molecule has 0 spiro atoms. The first-order chi connectivity index (χ1) is 8.56. The molecule has 4 heteroatoms. The molecule has 1 fully saturated rings. The number of carbonyl (C=O) groups is 1. The number of halogens is 1. The van der Waals surface area contributed by atoms with E-state index in [0.29, 0.717) is 5.92 Å². The van der Waals surface area contributed by atoms with Crippen molar-refractivity contribution in [2.45, 2.75) is 36.3 Å². The maximum absolute atomic E-state index is 13.1. The van der Waals surface area contributed by atoms with Crippen molar-refractivity contribution in [3.05, 3.63) is 30.1 Å². The third kappa shape index (κ3) is 3.25. The van der Waals surface area contributed by atoms with Gasteiger partial charge in [0.2, 0.25) is 0 Å². The van der Waals surface area contributed by atoms with Crippen LogP contribution in [0.4, 0.5) is 4.39 Å². The Morgan fingerprint density at radius 1 is 1.44 bits per heavy atom. The van der Waals surface area contributed by atoms with Gasteiger partial charge in [-0.3, -0.25) is 4.79 Å². The number of carboxylic acid groups (broad SMARTS) is 1. The molecule has 0 radical (unpaired) electrons. The molecule has 1 saturated carbocycles. The van der Waals surface area contributed by atoms with E-state index in [0.717, 1.165) is 24.2 Å². The lowest BCUT2D eigenvalue weighted by Crippen LogP contribution is -2.32. The van der Waals surface area contributed by atoms with Crippen LogP contribution in [-0.2, 0) is 4.79 Å². The maximum Gasteiger partial charge on any atom is 0.307 e. The molecule has 0 saturated heterocycles. The van der Waals surface area contributed by atoms with Crippen LogP contribution >= 0.6 is 11.8 Å². The van der Waals surface area contributed by atoms with Crippen LogP contribution in [0.25, 0.3) is 0 Å². The summed E-state index contributed by atoms with van der Waals surface area (Å²) in [6.07, 6.45) is 2.58. The third-order valence-electron chi connectivity index (χ3n) is 3.45. The van der Waals surface area contributed by atoms with E-state index in [2.05, 4.69) is 6.92 Å². The van der Waals surface area contributed by atoms with E-state index in [9.17, 15) is 14.3 Å². The van der Waals surface area contributed by atoms with Gasteiger partial charge < -0.3 is 5.11 Å². The summed E-state index contributed by atoms with van der Waals surface area (Å²) >= 11 is 1.50. The van der Waals surface area contributed by atoms with E-state index in [-0.39, 0.29) is 17.0 Å². The van der Waals surface area contributed by atoms with Gasteiger partial charge in [0, 0.05) is 10.1 Å². The zero-order valence-corrected chi connectivity index (χ0v) is 11.1. The molecule has 0 aromatic heterocycles. The average Bonchev–Trinajstić information content (AvgIpc) is 2.28. The largest absolute Gasteiger partial charge is 0.481 e. The monoisotopic (exact) mass is 268 g/mol.